The second kappa shape index (κ2) is 4.20. The summed E-state index contributed by atoms with van der Waals surface area (Å²) in [5.41, 5.74) is 0.904. The van der Waals surface area contributed by atoms with E-state index in [1.807, 2.05) is 0 Å². The van der Waals surface area contributed by atoms with Crippen LogP contribution in [0.25, 0.3) is 0 Å². The van der Waals surface area contributed by atoms with Crippen LogP contribution in [0.2, 0.25) is 0 Å². The number of halogens is 1. The van der Waals surface area contributed by atoms with Crippen LogP contribution < -0.4 is 4.74 Å². The summed E-state index contributed by atoms with van der Waals surface area (Å²) in [6.07, 6.45) is 0.627. The van der Waals surface area contributed by atoms with E-state index in [0.29, 0.717) is 17.4 Å². The monoisotopic (exact) mass is 248 g/mol. The molecule has 6 heteroatoms. The molecule has 1 rings (SSSR count). The molecule has 4 nitrogen and oxygen atoms in total. The zero-order chi connectivity index (χ0) is 11.6. The molecular weight excluding hydrogens is 240 g/mol. The number of benzene rings is 1. The molecule has 0 bridgehead atoms. The van der Waals surface area contributed by atoms with Gasteiger partial charge in [-0.1, -0.05) is 0 Å². The first kappa shape index (κ1) is 12.0. The van der Waals surface area contributed by atoms with Crippen molar-refractivity contribution in [3.05, 3.63) is 23.3 Å². The van der Waals surface area contributed by atoms with Crippen molar-refractivity contribution in [2.45, 2.75) is 11.8 Å². The smallest absolute Gasteiger partial charge is 0.264 e. The highest BCUT2D eigenvalue weighted by Gasteiger charge is 2.18. The molecule has 0 saturated carbocycles. The molecule has 0 aliphatic carbocycles. The van der Waals surface area contributed by atoms with Gasteiger partial charge in [0.05, 0.1) is 7.11 Å². The van der Waals surface area contributed by atoms with Crippen molar-refractivity contribution in [2.24, 2.45) is 0 Å². The molecule has 15 heavy (non-hydrogen) atoms. The maximum atomic E-state index is 11.2. The molecule has 0 spiro atoms. The third kappa shape index (κ3) is 2.49. The summed E-state index contributed by atoms with van der Waals surface area (Å²) in [7, 11) is 2.66. The molecular formula is C9H9ClO4S. The predicted octanol–water partition coefficient (Wildman–Crippen LogP) is 1.74. The predicted molar refractivity (Wildman–Crippen MR) is 56.2 cm³/mol. The van der Waals surface area contributed by atoms with Crippen molar-refractivity contribution < 1.29 is 17.9 Å². The normalized spacial score (nSPS) is 11.1. The third-order valence-corrected chi connectivity index (χ3v) is 3.29. The summed E-state index contributed by atoms with van der Waals surface area (Å²) < 4.78 is 27.2. The number of aryl methyl sites for hydroxylation is 1. The lowest BCUT2D eigenvalue weighted by molar-refractivity contribution is 0.112. The number of hydrogen-bond acceptors (Lipinski definition) is 4. The molecule has 0 aromatic heterocycles. The topological polar surface area (TPSA) is 60.4 Å². The molecule has 1 aromatic rings. The molecule has 0 unspecified atom stereocenters. The maximum absolute atomic E-state index is 11.2. The Balaban J connectivity index is 3.54. The van der Waals surface area contributed by atoms with Gasteiger partial charge in [-0.05, 0) is 24.6 Å². The van der Waals surface area contributed by atoms with Crippen LogP contribution in [0.5, 0.6) is 5.75 Å². The molecule has 0 aliphatic rings. The third-order valence-electron chi connectivity index (χ3n) is 1.94. The molecule has 0 heterocycles. The Hall–Kier alpha value is -1.07. The van der Waals surface area contributed by atoms with Crippen LogP contribution in [-0.2, 0) is 9.05 Å². The lowest BCUT2D eigenvalue weighted by Crippen LogP contribution is -1.99. The van der Waals surface area contributed by atoms with Crippen LogP contribution in [0.15, 0.2) is 17.0 Å². The van der Waals surface area contributed by atoms with Crippen molar-refractivity contribution in [1.29, 1.82) is 0 Å². The zero-order valence-corrected chi connectivity index (χ0v) is 9.72. The second-order valence-corrected chi connectivity index (χ2v) is 5.45. The van der Waals surface area contributed by atoms with Gasteiger partial charge in [-0.25, -0.2) is 8.42 Å². The van der Waals surface area contributed by atoms with Gasteiger partial charge < -0.3 is 4.74 Å². The van der Waals surface area contributed by atoms with E-state index in [2.05, 4.69) is 0 Å². The molecule has 82 valence electrons. The van der Waals surface area contributed by atoms with Gasteiger partial charge in [0.1, 0.15) is 16.9 Å². The zero-order valence-electron chi connectivity index (χ0n) is 8.15. The first-order valence-corrected chi connectivity index (χ1v) is 6.29. The van der Waals surface area contributed by atoms with E-state index >= 15 is 0 Å². The SMILES string of the molecule is COc1cc(C=O)c(C)cc1S(=O)(=O)Cl. The highest BCUT2D eigenvalue weighted by Crippen LogP contribution is 2.29. The Labute approximate surface area is 92.2 Å². The van der Waals surface area contributed by atoms with Crippen LogP contribution >= 0.6 is 10.7 Å². The van der Waals surface area contributed by atoms with Gasteiger partial charge in [0.15, 0.2) is 0 Å². The van der Waals surface area contributed by atoms with Gasteiger partial charge in [-0.2, -0.15) is 0 Å². The minimum Gasteiger partial charge on any atom is -0.495 e. The van der Waals surface area contributed by atoms with E-state index in [9.17, 15) is 13.2 Å². The van der Waals surface area contributed by atoms with Crippen LogP contribution in [0, 0.1) is 6.92 Å². The molecule has 1 aromatic carbocycles. The van der Waals surface area contributed by atoms with Crippen molar-refractivity contribution >= 4 is 26.0 Å². The van der Waals surface area contributed by atoms with E-state index in [1.54, 1.807) is 6.92 Å². The van der Waals surface area contributed by atoms with E-state index in [0.717, 1.165) is 0 Å². The van der Waals surface area contributed by atoms with Crippen LogP contribution in [-0.4, -0.2) is 21.8 Å². The standard InChI is InChI=1S/C9H9ClO4S/c1-6-3-9(15(10,12)13)8(14-2)4-7(6)5-11/h3-5H,1-2H3. The minimum absolute atomic E-state index is 0.0673. The van der Waals surface area contributed by atoms with Crippen molar-refractivity contribution in [3.63, 3.8) is 0 Å². The summed E-state index contributed by atoms with van der Waals surface area (Å²) in [5.74, 6) is 0.0673. The summed E-state index contributed by atoms with van der Waals surface area (Å²) in [6, 6.07) is 2.66. The average molecular weight is 249 g/mol. The Kier molecular flexibility index (Phi) is 3.36. The van der Waals surface area contributed by atoms with Gasteiger partial charge in [-0.3, -0.25) is 4.79 Å². The molecule has 0 radical (unpaired) electrons. The quantitative estimate of drug-likeness (QED) is 0.604. The molecule has 0 atom stereocenters. The molecule has 0 fully saturated rings. The highest BCUT2D eigenvalue weighted by molar-refractivity contribution is 8.13. The first-order chi connectivity index (χ1) is 6.90. The number of hydrogen-bond donors (Lipinski definition) is 0. The highest BCUT2D eigenvalue weighted by atomic mass is 35.7. The van der Waals surface area contributed by atoms with Gasteiger partial charge in [0.2, 0.25) is 0 Å². The minimum atomic E-state index is -3.86. The fourth-order valence-corrected chi connectivity index (χ4v) is 2.22. The Morgan fingerprint density at radius 1 is 1.40 bits per heavy atom. The first-order valence-electron chi connectivity index (χ1n) is 3.98. The van der Waals surface area contributed by atoms with E-state index in [-0.39, 0.29) is 10.6 Å². The lowest BCUT2D eigenvalue weighted by Gasteiger charge is -2.08. The van der Waals surface area contributed by atoms with Gasteiger partial charge in [0, 0.05) is 16.2 Å². The maximum Gasteiger partial charge on any atom is 0.264 e. The fraction of sp³-hybridized carbons (Fsp3) is 0.222. The van der Waals surface area contributed by atoms with Crippen molar-refractivity contribution in [1.82, 2.24) is 0 Å². The average Bonchev–Trinajstić information content (AvgIpc) is 2.16. The Morgan fingerprint density at radius 3 is 2.40 bits per heavy atom. The number of aldehydes is 1. The molecule has 0 amide bonds. The number of rotatable bonds is 3. The lowest BCUT2D eigenvalue weighted by atomic mass is 10.1. The van der Waals surface area contributed by atoms with E-state index in [4.69, 9.17) is 15.4 Å². The van der Waals surface area contributed by atoms with Gasteiger partial charge in [-0.15, -0.1) is 0 Å². The molecule has 0 N–H and O–H groups in total. The van der Waals surface area contributed by atoms with E-state index in [1.165, 1.54) is 19.2 Å². The summed E-state index contributed by atoms with van der Waals surface area (Å²) >= 11 is 0. The number of methoxy groups -OCH3 is 1. The van der Waals surface area contributed by atoms with Crippen molar-refractivity contribution in [3.8, 4) is 5.75 Å². The van der Waals surface area contributed by atoms with Crippen molar-refractivity contribution in [2.75, 3.05) is 7.11 Å². The van der Waals surface area contributed by atoms with Gasteiger partial charge >= 0.3 is 0 Å². The Bertz CT molecular complexity index is 493. The summed E-state index contributed by atoms with van der Waals surface area (Å²) in [5, 5.41) is 0. The summed E-state index contributed by atoms with van der Waals surface area (Å²) in [4.78, 5) is 10.5. The largest absolute Gasteiger partial charge is 0.495 e. The van der Waals surface area contributed by atoms with Crippen LogP contribution in [0.4, 0.5) is 0 Å². The molecule has 0 saturated heterocycles. The van der Waals surface area contributed by atoms with E-state index < -0.39 is 9.05 Å². The van der Waals surface area contributed by atoms with Crippen LogP contribution in [0.3, 0.4) is 0 Å². The second-order valence-electron chi connectivity index (χ2n) is 2.92. The van der Waals surface area contributed by atoms with Crippen LogP contribution in [0.1, 0.15) is 15.9 Å². The number of carbonyl (C=O) groups excluding carboxylic acids is 1. The fourth-order valence-electron chi connectivity index (χ4n) is 1.15. The summed E-state index contributed by atoms with van der Waals surface area (Å²) in [6.45, 7) is 1.62. The van der Waals surface area contributed by atoms with Gasteiger partial charge in [0.25, 0.3) is 9.05 Å². The number of ether oxygens (including phenoxy) is 1. The Morgan fingerprint density at radius 2 is 2.00 bits per heavy atom. The number of carbonyl (C=O) groups is 1. The molecule has 0 aliphatic heterocycles.